The summed E-state index contributed by atoms with van der Waals surface area (Å²) in [6.45, 7) is 3.89. The van der Waals surface area contributed by atoms with Gasteiger partial charge < -0.3 is 48.0 Å². The predicted octanol–water partition coefficient (Wildman–Crippen LogP) is 3.67. The predicted molar refractivity (Wildman–Crippen MR) is 209 cm³/mol. The van der Waals surface area contributed by atoms with Gasteiger partial charge in [0, 0.05) is 61.7 Å². The fraction of sp³-hybridized carbons (Fsp3) is 0.381. The molecule has 286 valence electrons. The van der Waals surface area contributed by atoms with Gasteiger partial charge >= 0.3 is 11.9 Å². The average molecular weight is 740 g/mol. The highest BCUT2D eigenvalue weighted by Crippen LogP contribution is 2.46. The van der Waals surface area contributed by atoms with Crippen LogP contribution in [-0.4, -0.2) is 113 Å². The van der Waals surface area contributed by atoms with Crippen LogP contribution in [0.25, 0.3) is 5.57 Å². The number of rotatable bonds is 7. The van der Waals surface area contributed by atoms with Crippen LogP contribution in [0.15, 0.2) is 84.2 Å². The summed E-state index contributed by atoms with van der Waals surface area (Å²) in [6, 6.07) is 18.4. The first-order chi connectivity index (χ1) is 26.1. The highest BCUT2D eigenvalue weighted by atomic mass is 16.5. The summed E-state index contributed by atoms with van der Waals surface area (Å²) in [4.78, 5) is 32.3. The van der Waals surface area contributed by atoms with E-state index >= 15 is 0 Å². The molecule has 3 aliphatic rings. The molecule has 3 aromatic carbocycles. The number of nitrogens with one attached hydrogen (secondary N) is 1. The Morgan fingerprint density at radius 2 is 1.44 bits per heavy atom. The van der Waals surface area contributed by atoms with Crippen LogP contribution in [0.3, 0.4) is 0 Å². The van der Waals surface area contributed by atoms with Crippen molar-refractivity contribution >= 4 is 34.6 Å². The number of benzene rings is 3. The van der Waals surface area contributed by atoms with E-state index in [9.17, 15) is 9.59 Å². The molecule has 0 fully saturated rings. The Morgan fingerprint density at radius 3 is 2.06 bits per heavy atom. The number of aryl methyl sites for hydroxylation is 1. The van der Waals surface area contributed by atoms with E-state index in [0.29, 0.717) is 37.8 Å². The molecular weight excluding hydrogens is 688 g/mol. The normalized spacial score (nSPS) is 17.3. The van der Waals surface area contributed by atoms with Gasteiger partial charge in [0.1, 0.15) is 55.4 Å². The Kier molecular flexibility index (Phi) is 12.1. The highest BCUT2D eigenvalue weighted by molar-refractivity contribution is 5.92. The van der Waals surface area contributed by atoms with Crippen LogP contribution in [0.5, 0.6) is 17.2 Å². The third-order valence-electron chi connectivity index (χ3n) is 9.72. The third kappa shape index (κ3) is 8.67. The zero-order chi connectivity index (χ0) is 38.4. The molecule has 0 spiro atoms. The number of carbonyl (C=O) groups is 2. The second-order valence-electron chi connectivity index (χ2n) is 13.9. The number of allylic oxidation sites excluding steroid dienone is 1. The van der Waals surface area contributed by atoms with Crippen LogP contribution < -0.4 is 33.8 Å². The van der Waals surface area contributed by atoms with Gasteiger partial charge in [-0.05, 0) is 66.6 Å². The highest BCUT2D eigenvalue weighted by Gasteiger charge is 2.30. The van der Waals surface area contributed by atoms with Crippen LogP contribution >= 0.6 is 0 Å². The van der Waals surface area contributed by atoms with Crippen LogP contribution in [0, 0.1) is 6.92 Å². The molecule has 1 N–H and O–H groups in total. The van der Waals surface area contributed by atoms with Crippen LogP contribution in [0.4, 0.5) is 17.1 Å². The summed E-state index contributed by atoms with van der Waals surface area (Å²) < 4.78 is 35.7. The van der Waals surface area contributed by atoms with Gasteiger partial charge in [-0.15, -0.1) is 0 Å². The van der Waals surface area contributed by atoms with Crippen molar-refractivity contribution in [2.45, 2.75) is 13.0 Å². The third-order valence-corrected chi connectivity index (χ3v) is 9.72. The number of anilines is 3. The molecule has 0 aromatic heterocycles. The van der Waals surface area contributed by atoms with E-state index < -0.39 is 0 Å². The first-order valence-corrected chi connectivity index (χ1v) is 18.2. The van der Waals surface area contributed by atoms with Crippen molar-refractivity contribution in [1.82, 2.24) is 0 Å². The van der Waals surface area contributed by atoms with E-state index in [1.807, 2.05) is 61.2 Å². The Hall–Kier alpha value is -5.46. The van der Waals surface area contributed by atoms with Crippen LogP contribution in [-0.2, 0) is 23.8 Å². The molecule has 12 heteroatoms. The summed E-state index contributed by atoms with van der Waals surface area (Å²) in [7, 11) is 11.0. The van der Waals surface area contributed by atoms with Crippen molar-refractivity contribution in [2.75, 3.05) is 110 Å². The molecule has 0 saturated heterocycles. The smallest absolute Gasteiger partial charge is 0.325 e. The molecule has 0 saturated carbocycles. The van der Waals surface area contributed by atoms with Gasteiger partial charge in [0.05, 0.1) is 52.9 Å². The summed E-state index contributed by atoms with van der Waals surface area (Å²) in [5.74, 6) is 2.04. The number of carbonyl (C=O) groups excluding carboxylic acids is 2. The number of fused-ring (bicyclic) bond motifs is 4. The van der Waals surface area contributed by atoms with Gasteiger partial charge in [-0.25, -0.2) is 0 Å². The molecule has 1 atom stereocenters. The summed E-state index contributed by atoms with van der Waals surface area (Å²) in [5, 5.41) is 0. The molecule has 1 unspecified atom stereocenters. The molecule has 0 amide bonds. The van der Waals surface area contributed by atoms with Crippen molar-refractivity contribution in [3.8, 4) is 17.2 Å². The lowest BCUT2D eigenvalue weighted by molar-refractivity contribution is -0.871. The molecular formula is C42H51N4O8+. The Morgan fingerprint density at radius 1 is 0.815 bits per heavy atom. The topological polar surface area (TPSA) is 104 Å². The molecule has 2 aliphatic heterocycles. The lowest BCUT2D eigenvalue weighted by atomic mass is 9.86. The number of hydrogen-bond donors (Lipinski definition) is 1. The van der Waals surface area contributed by atoms with E-state index in [1.54, 1.807) is 0 Å². The molecule has 54 heavy (non-hydrogen) atoms. The maximum atomic E-state index is 12.7. The maximum Gasteiger partial charge on any atom is 0.325 e. The Balaban J connectivity index is 1.41. The van der Waals surface area contributed by atoms with Crippen molar-refractivity contribution in [1.29, 1.82) is 0 Å². The van der Waals surface area contributed by atoms with E-state index in [4.69, 9.17) is 28.4 Å². The van der Waals surface area contributed by atoms with Gasteiger partial charge in [0.25, 0.3) is 0 Å². The zero-order valence-corrected chi connectivity index (χ0v) is 32.3. The summed E-state index contributed by atoms with van der Waals surface area (Å²) >= 11 is 0. The zero-order valence-electron chi connectivity index (χ0n) is 32.3. The van der Waals surface area contributed by atoms with Crippen molar-refractivity contribution in [2.24, 2.45) is 0 Å². The quantitative estimate of drug-likeness (QED) is 0.360. The van der Waals surface area contributed by atoms with Gasteiger partial charge in [-0.3, -0.25) is 9.59 Å². The Labute approximate surface area is 317 Å². The van der Waals surface area contributed by atoms with E-state index in [0.717, 1.165) is 56.4 Å². The van der Waals surface area contributed by atoms with Crippen LogP contribution in [0.1, 0.15) is 16.7 Å². The Bertz CT molecular complexity index is 1950. The summed E-state index contributed by atoms with van der Waals surface area (Å²) in [5.41, 5.74) is 7.44. The van der Waals surface area contributed by atoms with Crippen molar-refractivity contribution in [3.05, 3.63) is 101 Å². The lowest BCUT2D eigenvalue weighted by Gasteiger charge is -2.30. The number of ether oxygens (including phenoxy) is 6. The fourth-order valence-corrected chi connectivity index (χ4v) is 6.71. The van der Waals surface area contributed by atoms with Gasteiger partial charge in [-0.2, -0.15) is 0 Å². The minimum Gasteiger partial charge on any atom is -0.488 e. The molecule has 3 aromatic rings. The van der Waals surface area contributed by atoms with E-state index in [1.165, 1.54) is 19.1 Å². The van der Waals surface area contributed by atoms with Crippen molar-refractivity contribution in [3.63, 3.8) is 0 Å². The van der Waals surface area contributed by atoms with Gasteiger partial charge in [0.15, 0.2) is 0 Å². The van der Waals surface area contributed by atoms with Crippen molar-refractivity contribution < 1.29 is 42.9 Å². The maximum absolute atomic E-state index is 12.7. The second-order valence-corrected chi connectivity index (χ2v) is 13.9. The number of methoxy groups -OCH3 is 2. The first-order valence-electron chi connectivity index (χ1n) is 18.2. The second kappa shape index (κ2) is 17.1. The molecule has 2 heterocycles. The number of hydrogen-bond acceptors (Lipinski definition) is 11. The molecule has 1 aliphatic carbocycles. The van der Waals surface area contributed by atoms with E-state index in [-0.39, 0.29) is 44.3 Å². The first kappa shape index (κ1) is 38.3. The fourth-order valence-electron chi connectivity index (χ4n) is 6.71. The van der Waals surface area contributed by atoms with E-state index in [2.05, 4.69) is 61.5 Å². The number of quaternary nitrogens is 1. The van der Waals surface area contributed by atoms with Crippen LogP contribution in [0.2, 0.25) is 0 Å². The minimum absolute atomic E-state index is 0.00688. The monoisotopic (exact) mass is 739 g/mol. The minimum atomic E-state index is -0.388. The van der Waals surface area contributed by atoms with Gasteiger partial charge in [0.2, 0.25) is 0 Å². The number of esters is 2. The largest absolute Gasteiger partial charge is 0.488 e. The SMILES string of the molecule is COC(=O)CN1CCOCCN(CC(=O)OC)c2ccc(C3=C4C=CC([NH+](C)C)C=C4Oc4cc(N(C)C)ccc43)cc2OCCOc2cc(C)ccc21. The van der Waals surface area contributed by atoms with Gasteiger partial charge in [-0.1, -0.05) is 12.1 Å². The summed E-state index contributed by atoms with van der Waals surface area (Å²) in [6.07, 6.45) is 6.53. The molecule has 0 bridgehead atoms. The molecule has 6 rings (SSSR count). The molecule has 0 radical (unpaired) electrons. The standard InChI is InChI=1S/C42H50N4O8/c1-28-8-14-34-38(22-28)52-20-21-53-39-23-29(9-15-35(39)46(27-41(48)50-7)17-19-51-18-16-45(34)26-40(47)49-6)42-32-12-10-30(43(2)3)24-36(32)54-37-25-31(44(4)5)11-13-33(37)42/h8-15,22-25,30H,16-21,26-27H2,1-7H3/p+1. The number of likely N-dealkylation sites (N-methyl/N-ethyl adjacent to an activating group) is 1. The number of nitrogens with zero attached hydrogens (tertiary/aromatic N) is 3. The lowest BCUT2D eigenvalue weighted by Crippen LogP contribution is -3.09. The molecule has 12 nitrogen and oxygen atoms in total. The average Bonchev–Trinajstić information content (AvgIpc) is 3.17.